The third kappa shape index (κ3) is 4.62. The van der Waals surface area contributed by atoms with Crippen LogP contribution in [0.5, 0.6) is 6.01 Å². The number of aromatic nitrogens is 3. The third-order valence-electron chi connectivity index (χ3n) is 4.78. The number of benzene rings is 1. The van der Waals surface area contributed by atoms with Gasteiger partial charge in [-0.05, 0) is 55.9 Å². The molecule has 1 N–H and O–H groups in total. The van der Waals surface area contributed by atoms with E-state index >= 15 is 0 Å². The number of nitrogens with zero attached hydrogens (tertiary/aromatic N) is 4. The Kier molecular flexibility index (Phi) is 6.18. The van der Waals surface area contributed by atoms with Crippen molar-refractivity contribution in [1.29, 1.82) is 0 Å². The van der Waals surface area contributed by atoms with Crippen LogP contribution in [0.3, 0.4) is 0 Å². The van der Waals surface area contributed by atoms with Crippen LogP contribution in [0.4, 0.5) is 5.69 Å². The summed E-state index contributed by atoms with van der Waals surface area (Å²) in [5.41, 5.74) is 6.30. The molecule has 28 heavy (non-hydrogen) atoms. The zero-order valence-electron chi connectivity index (χ0n) is 16.7. The van der Waals surface area contributed by atoms with Crippen LogP contribution in [-0.4, -0.2) is 40.9 Å². The minimum absolute atomic E-state index is 0.248. The Hall–Kier alpha value is -3.03. The van der Waals surface area contributed by atoms with Gasteiger partial charge in [-0.1, -0.05) is 6.92 Å². The molecule has 1 unspecified atom stereocenters. The molecule has 1 atom stereocenters. The number of hydrogen-bond acceptors (Lipinski definition) is 8. The van der Waals surface area contributed by atoms with Gasteiger partial charge in [0, 0.05) is 12.1 Å². The van der Waals surface area contributed by atoms with Gasteiger partial charge in [0.1, 0.15) is 11.6 Å². The lowest BCUT2D eigenvalue weighted by Gasteiger charge is -2.11. The highest BCUT2D eigenvalue weighted by atomic mass is 16.5. The highest BCUT2D eigenvalue weighted by molar-refractivity contribution is 5.92. The molecular formula is C20H25N5O3. The Morgan fingerprint density at radius 1 is 1.29 bits per heavy atom. The van der Waals surface area contributed by atoms with Crippen LogP contribution < -0.4 is 10.2 Å². The van der Waals surface area contributed by atoms with E-state index in [4.69, 9.17) is 9.47 Å². The van der Waals surface area contributed by atoms with Crippen molar-refractivity contribution in [2.45, 2.75) is 39.5 Å². The Morgan fingerprint density at radius 2 is 2.11 bits per heavy atom. The number of anilines is 1. The van der Waals surface area contributed by atoms with Gasteiger partial charge in [-0.25, -0.2) is 9.78 Å². The van der Waals surface area contributed by atoms with E-state index in [-0.39, 0.29) is 6.01 Å². The first-order valence-electron chi connectivity index (χ1n) is 9.29. The molecule has 0 radical (unpaired) electrons. The molecule has 8 heteroatoms. The minimum Gasteiger partial charge on any atom is -0.467 e. The van der Waals surface area contributed by atoms with Crippen LogP contribution in [0.1, 0.15) is 53.8 Å². The Bertz CT molecular complexity index is 897. The predicted octanol–water partition coefficient (Wildman–Crippen LogP) is 3.15. The molecule has 1 saturated carbocycles. The molecule has 0 saturated heterocycles. The van der Waals surface area contributed by atoms with Crippen LogP contribution in [0.2, 0.25) is 0 Å². The molecule has 1 aliphatic rings. The van der Waals surface area contributed by atoms with Gasteiger partial charge in [0.15, 0.2) is 0 Å². The molecule has 1 aromatic carbocycles. The molecule has 1 aliphatic carbocycles. The number of hydrogen-bond donors (Lipinski definition) is 1. The lowest BCUT2D eigenvalue weighted by molar-refractivity contribution is 0.0599. The van der Waals surface area contributed by atoms with Crippen molar-refractivity contribution < 1.29 is 14.3 Å². The Balaban J connectivity index is 1.90. The monoisotopic (exact) mass is 383 g/mol. The third-order valence-corrected chi connectivity index (χ3v) is 4.78. The van der Waals surface area contributed by atoms with Crippen molar-refractivity contribution in [2.24, 2.45) is 11.0 Å². The minimum atomic E-state index is -0.407. The van der Waals surface area contributed by atoms with E-state index in [1.165, 1.54) is 32.8 Å². The Morgan fingerprint density at radius 3 is 2.79 bits per heavy atom. The number of carbonyl (C=O) groups excluding carboxylic acids is 1. The normalized spacial score (nSPS) is 17.6. The second-order valence-corrected chi connectivity index (χ2v) is 6.83. The first-order chi connectivity index (χ1) is 13.5. The molecule has 1 heterocycles. The second kappa shape index (κ2) is 8.77. The number of carbonyl (C=O) groups is 1. The van der Waals surface area contributed by atoms with Gasteiger partial charge in [-0.15, -0.1) is 0 Å². The van der Waals surface area contributed by atoms with E-state index in [0.717, 1.165) is 17.7 Å². The fraction of sp³-hybridized carbons (Fsp3) is 0.450. The van der Waals surface area contributed by atoms with Crippen molar-refractivity contribution in [3.8, 4) is 6.01 Å². The van der Waals surface area contributed by atoms with E-state index in [1.807, 2.05) is 12.1 Å². The topological polar surface area (TPSA) is 98.6 Å². The smallest absolute Gasteiger partial charge is 0.338 e. The Labute approximate surface area is 164 Å². The van der Waals surface area contributed by atoms with Crippen molar-refractivity contribution in [2.75, 3.05) is 19.6 Å². The van der Waals surface area contributed by atoms with Crippen LogP contribution >= 0.6 is 0 Å². The zero-order chi connectivity index (χ0) is 20.1. The van der Waals surface area contributed by atoms with Crippen LogP contribution in [-0.2, 0) is 11.2 Å². The quantitative estimate of drug-likeness (QED) is 0.604. The van der Waals surface area contributed by atoms with E-state index in [2.05, 4.69) is 32.4 Å². The van der Waals surface area contributed by atoms with Crippen LogP contribution in [0.15, 0.2) is 23.3 Å². The largest absolute Gasteiger partial charge is 0.467 e. The predicted molar refractivity (Wildman–Crippen MR) is 106 cm³/mol. The SMILES string of the molecule is COC(=O)c1ccc(N/N=C2\CCCC2C)cc1Cc1nc(C)nc(OC)n1. The van der Waals surface area contributed by atoms with Gasteiger partial charge in [-0.2, -0.15) is 15.1 Å². The number of ether oxygens (including phenoxy) is 2. The van der Waals surface area contributed by atoms with Gasteiger partial charge in [0.05, 0.1) is 25.5 Å². The summed E-state index contributed by atoms with van der Waals surface area (Å²) >= 11 is 0. The fourth-order valence-corrected chi connectivity index (χ4v) is 3.27. The van der Waals surface area contributed by atoms with Gasteiger partial charge >= 0.3 is 12.0 Å². The molecule has 3 rings (SSSR count). The molecule has 0 amide bonds. The maximum Gasteiger partial charge on any atom is 0.338 e. The highest BCUT2D eigenvalue weighted by Gasteiger charge is 2.18. The van der Waals surface area contributed by atoms with Crippen molar-refractivity contribution >= 4 is 17.4 Å². The standard InChI is InChI=1S/C20H25N5O3/c1-12-6-5-7-17(12)25-24-15-8-9-16(19(26)27-3)14(10-15)11-18-21-13(2)22-20(23-18)28-4/h8-10,12,24H,5-7,11H2,1-4H3/b25-17+. The van der Waals surface area contributed by atoms with Gasteiger partial charge < -0.3 is 9.47 Å². The lowest BCUT2D eigenvalue weighted by atomic mass is 10.0. The highest BCUT2D eigenvalue weighted by Crippen LogP contribution is 2.23. The number of rotatable bonds is 6. The number of aryl methyl sites for hydroxylation is 1. The first-order valence-corrected chi connectivity index (χ1v) is 9.29. The van der Waals surface area contributed by atoms with Crippen LogP contribution in [0, 0.1) is 12.8 Å². The summed E-state index contributed by atoms with van der Waals surface area (Å²) in [6.07, 6.45) is 3.71. The number of hydrazone groups is 1. The molecule has 148 valence electrons. The second-order valence-electron chi connectivity index (χ2n) is 6.83. The summed E-state index contributed by atoms with van der Waals surface area (Å²) in [6.45, 7) is 3.96. The zero-order valence-corrected chi connectivity index (χ0v) is 16.7. The van der Waals surface area contributed by atoms with Crippen molar-refractivity contribution in [3.63, 3.8) is 0 Å². The van der Waals surface area contributed by atoms with Crippen LogP contribution in [0.25, 0.3) is 0 Å². The molecule has 0 spiro atoms. The summed E-state index contributed by atoms with van der Waals surface area (Å²) in [5.74, 6) is 1.16. The molecular weight excluding hydrogens is 358 g/mol. The van der Waals surface area contributed by atoms with Crippen molar-refractivity contribution in [1.82, 2.24) is 15.0 Å². The average Bonchev–Trinajstić information content (AvgIpc) is 3.10. The molecule has 0 bridgehead atoms. The first kappa shape index (κ1) is 19.7. The number of nitrogens with one attached hydrogen (secondary N) is 1. The summed E-state index contributed by atoms with van der Waals surface area (Å²) in [6, 6.07) is 5.67. The summed E-state index contributed by atoms with van der Waals surface area (Å²) < 4.78 is 10.0. The van der Waals surface area contributed by atoms with E-state index in [0.29, 0.717) is 29.6 Å². The van der Waals surface area contributed by atoms with E-state index in [9.17, 15) is 4.79 Å². The number of esters is 1. The average molecular weight is 383 g/mol. The van der Waals surface area contributed by atoms with Crippen molar-refractivity contribution in [3.05, 3.63) is 41.0 Å². The van der Waals surface area contributed by atoms with Gasteiger partial charge in [-0.3, -0.25) is 5.43 Å². The maximum atomic E-state index is 12.2. The van der Waals surface area contributed by atoms with E-state index < -0.39 is 5.97 Å². The summed E-state index contributed by atoms with van der Waals surface area (Å²) in [7, 11) is 2.87. The summed E-state index contributed by atoms with van der Waals surface area (Å²) in [5, 5.41) is 4.55. The molecule has 8 nitrogen and oxygen atoms in total. The lowest BCUT2D eigenvalue weighted by Crippen LogP contribution is -2.10. The molecule has 2 aromatic rings. The van der Waals surface area contributed by atoms with E-state index in [1.54, 1.807) is 13.0 Å². The van der Waals surface area contributed by atoms with Gasteiger partial charge in [0.25, 0.3) is 0 Å². The van der Waals surface area contributed by atoms with Gasteiger partial charge in [0.2, 0.25) is 0 Å². The summed E-state index contributed by atoms with van der Waals surface area (Å²) in [4.78, 5) is 24.9. The molecule has 1 aromatic heterocycles. The maximum absolute atomic E-state index is 12.2. The fourth-order valence-electron chi connectivity index (χ4n) is 3.27. The molecule has 0 aliphatic heterocycles. The molecule has 1 fully saturated rings. The number of methoxy groups -OCH3 is 2.